The highest BCUT2D eigenvalue weighted by molar-refractivity contribution is 5.88. The van der Waals surface area contributed by atoms with Gasteiger partial charge in [-0.25, -0.2) is 0 Å². The van der Waals surface area contributed by atoms with E-state index in [0.29, 0.717) is 11.5 Å². The molecule has 0 heterocycles. The van der Waals surface area contributed by atoms with Crippen molar-refractivity contribution < 1.29 is 19.1 Å². The molecule has 0 bridgehead atoms. The molecule has 0 aromatic heterocycles. The van der Waals surface area contributed by atoms with Gasteiger partial charge in [0.2, 0.25) is 5.91 Å². The van der Waals surface area contributed by atoms with Crippen molar-refractivity contribution in [1.82, 2.24) is 10.2 Å². The third-order valence-electron chi connectivity index (χ3n) is 4.50. The summed E-state index contributed by atoms with van der Waals surface area (Å²) < 4.78 is 11.0. The first-order valence-corrected chi connectivity index (χ1v) is 10.0. The highest BCUT2D eigenvalue weighted by Gasteiger charge is 2.28. The second kappa shape index (κ2) is 10.1. The molecular formula is C24H32N2O4. The first kappa shape index (κ1) is 23.3. The quantitative estimate of drug-likeness (QED) is 0.718. The summed E-state index contributed by atoms with van der Waals surface area (Å²) in [6.07, 6.45) is 0. The van der Waals surface area contributed by atoms with E-state index in [1.165, 1.54) is 4.90 Å². The van der Waals surface area contributed by atoms with Crippen molar-refractivity contribution in [3.63, 3.8) is 0 Å². The van der Waals surface area contributed by atoms with Crippen molar-refractivity contribution in [2.24, 2.45) is 0 Å². The molecule has 0 saturated carbocycles. The number of benzene rings is 2. The Morgan fingerprint density at radius 1 is 1.07 bits per heavy atom. The Hall–Kier alpha value is -3.02. The van der Waals surface area contributed by atoms with Crippen LogP contribution in [0.2, 0.25) is 0 Å². The average molecular weight is 413 g/mol. The Balaban J connectivity index is 2.19. The van der Waals surface area contributed by atoms with E-state index in [2.05, 4.69) is 5.32 Å². The maximum Gasteiger partial charge on any atom is 0.261 e. The number of hydrogen-bond donors (Lipinski definition) is 1. The fraction of sp³-hybridized carbons (Fsp3) is 0.417. The Morgan fingerprint density at radius 2 is 1.73 bits per heavy atom. The van der Waals surface area contributed by atoms with Crippen molar-refractivity contribution >= 4 is 11.8 Å². The van der Waals surface area contributed by atoms with Crippen LogP contribution in [0.25, 0.3) is 0 Å². The number of rotatable bonds is 8. The summed E-state index contributed by atoms with van der Waals surface area (Å²) in [7, 11) is 1.59. The van der Waals surface area contributed by atoms with E-state index in [4.69, 9.17) is 9.47 Å². The van der Waals surface area contributed by atoms with E-state index in [1.807, 2.05) is 76.2 Å². The lowest BCUT2D eigenvalue weighted by Gasteiger charge is -2.31. The standard InChI is InChI=1S/C24H32N2O4/c1-17-9-7-12-21(13-17)30-16-22(27)26(18(2)23(28)25-24(3,4)5)15-19-10-8-11-20(14-19)29-6/h7-14,18H,15-16H2,1-6H3,(H,25,28)/t18-/m1/s1. The molecule has 1 atom stereocenters. The molecule has 30 heavy (non-hydrogen) atoms. The van der Waals surface area contributed by atoms with E-state index < -0.39 is 11.6 Å². The van der Waals surface area contributed by atoms with Crippen LogP contribution in [0.4, 0.5) is 0 Å². The van der Waals surface area contributed by atoms with Crippen molar-refractivity contribution in [3.8, 4) is 11.5 Å². The number of carbonyl (C=O) groups excluding carboxylic acids is 2. The topological polar surface area (TPSA) is 67.9 Å². The third-order valence-corrected chi connectivity index (χ3v) is 4.50. The number of hydrogen-bond acceptors (Lipinski definition) is 4. The van der Waals surface area contributed by atoms with Crippen LogP contribution in [0, 0.1) is 6.92 Å². The van der Waals surface area contributed by atoms with E-state index in [0.717, 1.165) is 11.1 Å². The summed E-state index contributed by atoms with van der Waals surface area (Å²) >= 11 is 0. The molecule has 0 saturated heterocycles. The predicted molar refractivity (Wildman–Crippen MR) is 118 cm³/mol. The smallest absolute Gasteiger partial charge is 0.261 e. The molecule has 2 aromatic carbocycles. The summed E-state index contributed by atoms with van der Waals surface area (Å²) in [5.74, 6) is 0.837. The van der Waals surface area contributed by atoms with E-state index in [-0.39, 0.29) is 25.0 Å². The van der Waals surface area contributed by atoms with Gasteiger partial charge in [0.15, 0.2) is 6.61 Å². The molecule has 6 nitrogen and oxygen atoms in total. The number of nitrogens with one attached hydrogen (secondary N) is 1. The molecule has 0 unspecified atom stereocenters. The van der Waals surface area contributed by atoms with Crippen LogP contribution in [-0.4, -0.2) is 42.0 Å². The van der Waals surface area contributed by atoms with Gasteiger partial charge in [-0.05, 0) is 70.0 Å². The summed E-state index contributed by atoms with van der Waals surface area (Å²) in [6.45, 7) is 9.53. The maximum absolute atomic E-state index is 13.1. The molecule has 6 heteroatoms. The lowest BCUT2D eigenvalue weighted by atomic mass is 10.1. The largest absolute Gasteiger partial charge is 0.497 e. The first-order chi connectivity index (χ1) is 14.1. The Labute approximate surface area is 179 Å². The zero-order chi connectivity index (χ0) is 22.3. The fourth-order valence-electron chi connectivity index (χ4n) is 2.96. The zero-order valence-electron chi connectivity index (χ0n) is 18.7. The minimum absolute atomic E-state index is 0.152. The minimum atomic E-state index is -0.663. The number of methoxy groups -OCH3 is 1. The Morgan fingerprint density at radius 3 is 2.37 bits per heavy atom. The molecule has 0 fully saturated rings. The Bertz CT molecular complexity index is 874. The van der Waals surface area contributed by atoms with Crippen molar-refractivity contribution in [2.75, 3.05) is 13.7 Å². The lowest BCUT2D eigenvalue weighted by Crippen LogP contribution is -2.53. The van der Waals surface area contributed by atoms with Gasteiger partial charge in [0.1, 0.15) is 17.5 Å². The van der Waals surface area contributed by atoms with Crippen molar-refractivity contribution in [1.29, 1.82) is 0 Å². The second-order valence-corrected chi connectivity index (χ2v) is 8.39. The van der Waals surface area contributed by atoms with Crippen LogP contribution in [-0.2, 0) is 16.1 Å². The van der Waals surface area contributed by atoms with Gasteiger partial charge in [0.05, 0.1) is 7.11 Å². The molecule has 0 aliphatic rings. The number of carbonyl (C=O) groups is 2. The van der Waals surface area contributed by atoms with Gasteiger partial charge in [-0.1, -0.05) is 24.3 Å². The number of amides is 2. The van der Waals surface area contributed by atoms with Crippen LogP contribution < -0.4 is 14.8 Å². The number of aryl methyl sites for hydroxylation is 1. The minimum Gasteiger partial charge on any atom is -0.497 e. The maximum atomic E-state index is 13.1. The molecule has 0 radical (unpaired) electrons. The molecule has 0 spiro atoms. The van der Waals surface area contributed by atoms with Gasteiger partial charge in [-0.15, -0.1) is 0 Å². The Kier molecular flexibility index (Phi) is 7.86. The monoisotopic (exact) mass is 412 g/mol. The molecule has 0 aliphatic carbocycles. The van der Waals surface area contributed by atoms with E-state index >= 15 is 0 Å². The van der Waals surface area contributed by atoms with Gasteiger partial charge < -0.3 is 19.7 Å². The normalized spacial score (nSPS) is 12.1. The van der Waals surface area contributed by atoms with E-state index in [1.54, 1.807) is 14.0 Å². The summed E-state index contributed by atoms with van der Waals surface area (Å²) in [5.41, 5.74) is 1.52. The summed E-state index contributed by atoms with van der Waals surface area (Å²) in [6, 6.07) is 14.3. The van der Waals surface area contributed by atoms with Crippen LogP contribution in [0.1, 0.15) is 38.8 Å². The third kappa shape index (κ3) is 7.10. The van der Waals surface area contributed by atoms with Gasteiger partial charge >= 0.3 is 0 Å². The van der Waals surface area contributed by atoms with Gasteiger partial charge in [0.25, 0.3) is 5.91 Å². The average Bonchev–Trinajstić information content (AvgIpc) is 2.68. The van der Waals surface area contributed by atoms with Crippen LogP contribution in [0.5, 0.6) is 11.5 Å². The second-order valence-electron chi connectivity index (χ2n) is 8.39. The van der Waals surface area contributed by atoms with Gasteiger partial charge in [-0.3, -0.25) is 9.59 Å². The first-order valence-electron chi connectivity index (χ1n) is 10.0. The highest BCUT2D eigenvalue weighted by atomic mass is 16.5. The molecule has 0 aliphatic heterocycles. The predicted octanol–water partition coefficient (Wildman–Crippen LogP) is 3.71. The zero-order valence-corrected chi connectivity index (χ0v) is 18.7. The van der Waals surface area contributed by atoms with Crippen LogP contribution in [0.3, 0.4) is 0 Å². The van der Waals surface area contributed by atoms with Crippen molar-refractivity contribution in [3.05, 3.63) is 59.7 Å². The SMILES string of the molecule is COc1cccc(CN(C(=O)COc2cccc(C)c2)[C@H](C)C(=O)NC(C)(C)C)c1. The number of nitrogens with zero attached hydrogens (tertiary/aromatic N) is 1. The van der Waals surface area contributed by atoms with E-state index in [9.17, 15) is 9.59 Å². The summed E-state index contributed by atoms with van der Waals surface area (Å²) in [4.78, 5) is 27.4. The van der Waals surface area contributed by atoms with Crippen LogP contribution in [0.15, 0.2) is 48.5 Å². The molecule has 2 rings (SSSR count). The van der Waals surface area contributed by atoms with Crippen molar-refractivity contribution in [2.45, 2.75) is 52.7 Å². The molecular weight excluding hydrogens is 380 g/mol. The highest BCUT2D eigenvalue weighted by Crippen LogP contribution is 2.18. The van der Waals surface area contributed by atoms with Gasteiger partial charge in [0, 0.05) is 12.1 Å². The molecule has 2 amide bonds. The van der Waals surface area contributed by atoms with Gasteiger partial charge in [-0.2, -0.15) is 0 Å². The van der Waals surface area contributed by atoms with Crippen LogP contribution >= 0.6 is 0 Å². The molecule has 1 N–H and O–H groups in total. The summed E-state index contributed by atoms with van der Waals surface area (Å²) in [5, 5.41) is 2.95. The molecule has 162 valence electrons. The fourth-order valence-corrected chi connectivity index (χ4v) is 2.96. The lowest BCUT2D eigenvalue weighted by molar-refractivity contribution is -0.142. The number of ether oxygens (including phenoxy) is 2. The molecule has 2 aromatic rings.